The molecule has 0 spiro atoms. The van der Waals surface area contributed by atoms with Crippen LogP contribution in [0.4, 0.5) is 0 Å². The molecule has 1 fully saturated rings. The summed E-state index contributed by atoms with van der Waals surface area (Å²) in [4.78, 5) is 25.7. The number of hydrogen-bond acceptors (Lipinski definition) is 3. The fraction of sp³-hybridized carbons (Fsp3) is 0.375. The molecule has 1 saturated heterocycles. The number of fused-ring (bicyclic) bond motifs is 1. The summed E-state index contributed by atoms with van der Waals surface area (Å²) in [6.07, 6.45) is 3.54. The minimum absolute atomic E-state index is 0.0375. The zero-order valence-electron chi connectivity index (χ0n) is 17.5. The Kier molecular flexibility index (Phi) is 6.87. The van der Waals surface area contributed by atoms with Crippen molar-refractivity contribution in [1.82, 2.24) is 20.0 Å². The van der Waals surface area contributed by atoms with Crippen LogP contribution in [0.3, 0.4) is 0 Å². The summed E-state index contributed by atoms with van der Waals surface area (Å²) in [6, 6.07) is 15.8. The van der Waals surface area contributed by atoms with Crippen molar-refractivity contribution in [3.05, 3.63) is 53.6 Å². The predicted octanol–water partition coefficient (Wildman–Crippen LogP) is 4.27. The van der Waals surface area contributed by atoms with Crippen LogP contribution in [0.25, 0.3) is 22.2 Å². The van der Waals surface area contributed by atoms with Gasteiger partial charge in [0.05, 0.1) is 5.52 Å². The molecule has 0 unspecified atom stereocenters. The third kappa shape index (κ3) is 5.25. The van der Waals surface area contributed by atoms with Gasteiger partial charge in [0.1, 0.15) is 5.69 Å². The molecule has 0 atom stereocenters. The highest BCUT2D eigenvalue weighted by Crippen LogP contribution is 2.30. The van der Waals surface area contributed by atoms with Gasteiger partial charge in [0.15, 0.2) is 0 Å². The summed E-state index contributed by atoms with van der Waals surface area (Å²) in [7, 11) is 0. The van der Waals surface area contributed by atoms with E-state index in [1.165, 1.54) is 0 Å². The number of likely N-dealkylation sites (tertiary alicyclic amines) is 1. The van der Waals surface area contributed by atoms with E-state index in [4.69, 9.17) is 16.7 Å². The highest BCUT2D eigenvalue weighted by molar-refractivity contribution is 6.31. The lowest BCUT2D eigenvalue weighted by Gasteiger charge is -2.15. The third-order valence-corrected chi connectivity index (χ3v) is 5.87. The Labute approximate surface area is 187 Å². The van der Waals surface area contributed by atoms with Gasteiger partial charge in [0.2, 0.25) is 11.8 Å². The molecule has 2 heterocycles. The summed E-state index contributed by atoms with van der Waals surface area (Å²) in [5, 5.41) is 9.47. The average molecular weight is 439 g/mol. The molecule has 0 aliphatic carbocycles. The number of nitrogens with zero attached hydrogens (tertiary/aromatic N) is 3. The van der Waals surface area contributed by atoms with E-state index in [2.05, 4.69) is 5.32 Å². The van der Waals surface area contributed by atoms with Gasteiger partial charge >= 0.3 is 0 Å². The maximum absolute atomic E-state index is 12.2. The van der Waals surface area contributed by atoms with E-state index in [9.17, 15) is 9.59 Å². The molecule has 162 valence electrons. The van der Waals surface area contributed by atoms with E-state index in [1.807, 2.05) is 58.1 Å². The Morgan fingerprint density at radius 2 is 1.94 bits per heavy atom. The summed E-state index contributed by atoms with van der Waals surface area (Å²) in [5.41, 5.74) is 2.96. The molecule has 1 N–H and O–H groups in total. The Balaban J connectivity index is 1.31. The molecule has 1 aliphatic heterocycles. The number of carbonyl (C=O) groups is 2. The molecule has 1 aliphatic rings. The van der Waals surface area contributed by atoms with Gasteiger partial charge in [-0.3, -0.25) is 14.3 Å². The van der Waals surface area contributed by atoms with Gasteiger partial charge in [0, 0.05) is 55.0 Å². The molecule has 0 radical (unpaired) electrons. The lowest BCUT2D eigenvalue weighted by Crippen LogP contribution is -2.30. The van der Waals surface area contributed by atoms with Crippen LogP contribution in [0.15, 0.2) is 48.5 Å². The summed E-state index contributed by atoms with van der Waals surface area (Å²) >= 11 is 6.23. The van der Waals surface area contributed by atoms with Crippen molar-refractivity contribution in [2.75, 3.05) is 19.6 Å². The number of benzene rings is 2. The Morgan fingerprint density at radius 1 is 1.10 bits per heavy atom. The van der Waals surface area contributed by atoms with Crippen molar-refractivity contribution >= 4 is 34.3 Å². The monoisotopic (exact) mass is 438 g/mol. The van der Waals surface area contributed by atoms with Crippen LogP contribution >= 0.6 is 11.6 Å². The zero-order valence-corrected chi connectivity index (χ0v) is 18.3. The first-order valence-electron chi connectivity index (χ1n) is 10.9. The van der Waals surface area contributed by atoms with Crippen molar-refractivity contribution in [3.63, 3.8) is 0 Å². The molecule has 7 heteroatoms. The van der Waals surface area contributed by atoms with E-state index >= 15 is 0 Å². The zero-order chi connectivity index (χ0) is 21.6. The van der Waals surface area contributed by atoms with E-state index in [1.54, 1.807) is 0 Å². The number of halogens is 1. The van der Waals surface area contributed by atoms with Gasteiger partial charge in [-0.05, 0) is 37.5 Å². The molecule has 0 saturated carbocycles. The van der Waals surface area contributed by atoms with Gasteiger partial charge in [0.25, 0.3) is 0 Å². The van der Waals surface area contributed by atoms with Gasteiger partial charge in [-0.2, -0.15) is 5.10 Å². The minimum atomic E-state index is 0.0375. The van der Waals surface area contributed by atoms with Crippen molar-refractivity contribution in [2.45, 2.75) is 38.6 Å². The first-order chi connectivity index (χ1) is 15.1. The maximum atomic E-state index is 12.2. The van der Waals surface area contributed by atoms with Crippen molar-refractivity contribution in [1.29, 1.82) is 0 Å². The van der Waals surface area contributed by atoms with Crippen LogP contribution in [0.5, 0.6) is 0 Å². The Hall–Kier alpha value is -2.86. The SMILES string of the molecule is O=C(CCCn1nc(-c2ccccc2)c2cc(Cl)ccc21)NCCCN1CCCC1=O. The average Bonchev–Trinajstić information content (AvgIpc) is 3.35. The second kappa shape index (κ2) is 9.96. The fourth-order valence-electron chi connectivity index (χ4n) is 4.05. The molecule has 2 aromatic carbocycles. The molecule has 4 rings (SSSR count). The summed E-state index contributed by atoms with van der Waals surface area (Å²) < 4.78 is 1.96. The number of rotatable bonds is 9. The van der Waals surface area contributed by atoms with Crippen LogP contribution in [0.1, 0.15) is 32.1 Å². The van der Waals surface area contributed by atoms with Gasteiger partial charge in [-0.15, -0.1) is 0 Å². The fourth-order valence-corrected chi connectivity index (χ4v) is 4.22. The molecule has 31 heavy (non-hydrogen) atoms. The smallest absolute Gasteiger partial charge is 0.222 e. The van der Waals surface area contributed by atoms with E-state index in [-0.39, 0.29) is 11.8 Å². The van der Waals surface area contributed by atoms with E-state index < -0.39 is 0 Å². The highest BCUT2D eigenvalue weighted by Gasteiger charge is 2.19. The van der Waals surface area contributed by atoms with E-state index in [0.29, 0.717) is 37.4 Å². The standard InChI is InChI=1S/C24H27ClN4O2/c25-19-11-12-21-20(17-19)24(18-7-2-1-3-8-18)27-29(21)16-4-9-22(30)26-13-6-15-28-14-5-10-23(28)31/h1-3,7-8,11-12,17H,4-6,9-10,13-16H2,(H,26,30). The first-order valence-corrected chi connectivity index (χ1v) is 11.3. The molecular weight excluding hydrogens is 412 g/mol. The van der Waals surface area contributed by atoms with Crippen LogP contribution in [-0.4, -0.2) is 46.1 Å². The molecular formula is C24H27ClN4O2. The Morgan fingerprint density at radius 3 is 2.71 bits per heavy atom. The molecule has 2 amide bonds. The van der Waals surface area contributed by atoms with Crippen LogP contribution < -0.4 is 5.32 Å². The van der Waals surface area contributed by atoms with Crippen LogP contribution in [0.2, 0.25) is 5.02 Å². The summed E-state index contributed by atoms with van der Waals surface area (Å²) in [5.74, 6) is 0.268. The highest BCUT2D eigenvalue weighted by atomic mass is 35.5. The van der Waals surface area contributed by atoms with Gasteiger partial charge in [-0.25, -0.2) is 0 Å². The largest absolute Gasteiger partial charge is 0.356 e. The van der Waals surface area contributed by atoms with E-state index in [0.717, 1.165) is 48.1 Å². The maximum Gasteiger partial charge on any atom is 0.222 e. The second-order valence-electron chi connectivity index (χ2n) is 7.89. The molecule has 6 nitrogen and oxygen atoms in total. The number of amides is 2. The molecule has 1 aromatic heterocycles. The van der Waals surface area contributed by atoms with Crippen LogP contribution in [0, 0.1) is 0 Å². The van der Waals surface area contributed by atoms with Crippen LogP contribution in [-0.2, 0) is 16.1 Å². The quantitative estimate of drug-likeness (QED) is 0.507. The topological polar surface area (TPSA) is 67.2 Å². The number of aryl methyl sites for hydroxylation is 1. The third-order valence-electron chi connectivity index (χ3n) is 5.63. The normalized spacial score (nSPS) is 13.8. The van der Waals surface area contributed by atoms with Gasteiger partial charge < -0.3 is 10.2 Å². The number of hydrogen-bond donors (Lipinski definition) is 1. The lowest BCUT2D eigenvalue weighted by atomic mass is 10.1. The number of nitrogens with one attached hydrogen (secondary N) is 1. The first kappa shape index (κ1) is 21.4. The van der Waals surface area contributed by atoms with Crippen molar-refractivity contribution in [2.24, 2.45) is 0 Å². The number of aromatic nitrogens is 2. The predicted molar refractivity (Wildman–Crippen MR) is 123 cm³/mol. The molecule has 0 bridgehead atoms. The minimum Gasteiger partial charge on any atom is -0.356 e. The van der Waals surface area contributed by atoms with Crippen molar-refractivity contribution < 1.29 is 9.59 Å². The molecule has 3 aromatic rings. The summed E-state index contributed by atoms with van der Waals surface area (Å²) in [6.45, 7) is 2.83. The van der Waals surface area contributed by atoms with Crippen molar-refractivity contribution in [3.8, 4) is 11.3 Å². The Bertz CT molecular complexity index is 1060. The lowest BCUT2D eigenvalue weighted by molar-refractivity contribution is -0.127. The second-order valence-corrected chi connectivity index (χ2v) is 8.33. The number of carbonyl (C=O) groups excluding carboxylic acids is 2. The van der Waals surface area contributed by atoms with Gasteiger partial charge in [-0.1, -0.05) is 41.9 Å².